The number of nitrogens with one attached hydrogen (secondary N) is 2. The van der Waals surface area contributed by atoms with Crippen LogP contribution in [0.25, 0.3) is 11.1 Å². The molecule has 33 heavy (non-hydrogen) atoms. The lowest BCUT2D eigenvalue weighted by atomic mass is 10.2. The summed E-state index contributed by atoms with van der Waals surface area (Å²) in [6, 6.07) is 11.2. The fraction of sp³-hybridized carbons (Fsp3) is 0.364. The maximum Gasteiger partial charge on any atom is 0.262 e. The van der Waals surface area contributed by atoms with Crippen molar-refractivity contribution in [2.24, 2.45) is 0 Å². The Hall–Kier alpha value is -2.76. The van der Waals surface area contributed by atoms with Crippen LogP contribution in [0.15, 0.2) is 57.0 Å². The molecule has 1 fully saturated rings. The predicted molar refractivity (Wildman–Crippen MR) is 125 cm³/mol. The number of benzene rings is 2. The van der Waals surface area contributed by atoms with E-state index in [9.17, 15) is 13.2 Å². The third kappa shape index (κ3) is 5.60. The molecule has 0 aliphatic carbocycles. The Bertz CT molecular complexity index is 1240. The average Bonchev–Trinajstić information content (AvgIpc) is 3.46. The summed E-state index contributed by atoms with van der Waals surface area (Å²) in [5.41, 5.74) is 1.15. The van der Waals surface area contributed by atoms with Crippen molar-refractivity contribution in [1.82, 2.24) is 10.3 Å². The lowest BCUT2D eigenvalue weighted by molar-refractivity contribution is -0.120. The molecule has 0 radical (unpaired) electrons. The summed E-state index contributed by atoms with van der Waals surface area (Å²) in [6.45, 7) is 2.98. The topological polar surface area (TPSA) is 120 Å². The van der Waals surface area contributed by atoms with Crippen molar-refractivity contribution in [2.75, 3.05) is 25.0 Å². The molecule has 0 bridgehead atoms. The van der Waals surface area contributed by atoms with E-state index in [2.05, 4.69) is 15.0 Å². The molecule has 1 aromatic heterocycles. The number of oxazole rings is 1. The van der Waals surface area contributed by atoms with Crippen LogP contribution >= 0.6 is 11.8 Å². The van der Waals surface area contributed by atoms with Crippen LogP contribution < -0.4 is 14.8 Å². The van der Waals surface area contributed by atoms with Crippen molar-refractivity contribution in [3.05, 3.63) is 42.5 Å². The van der Waals surface area contributed by atoms with Crippen molar-refractivity contribution >= 4 is 44.5 Å². The molecule has 176 valence electrons. The molecule has 2 N–H and O–H groups in total. The minimum atomic E-state index is -3.87. The van der Waals surface area contributed by atoms with Crippen molar-refractivity contribution in [2.45, 2.75) is 41.2 Å². The van der Waals surface area contributed by atoms with Gasteiger partial charge in [-0.3, -0.25) is 9.52 Å². The van der Waals surface area contributed by atoms with Gasteiger partial charge in [0.05, 0.1) is 29.0 Å². The van der Waals surface area contributed by atoms with Gasteiger partial charge in [0.1, 0.15) is 11.3 Å². The SMILES string of the molecule is COc1ccccc1NS(=O)(=O)c1ccc2oc(S[C@@H](C)C(=O)NC[C@H]3CCCO3)nc2c1. The van der Waals surface area contributed by atoms with Gasteiger partial charge in [0, 0.05) is 13.2 Å². The van der Waals surface area contributed by atoms with Crippen LogP contribution in [0.3, 0.4) is 0 Å². The first-order valence-electron chi connectivity index (χ1n) is 10.5. The molecule has 1 aliphatic rings. The highest BCUT2D eigenvalue weighted by Gasteiger charge is 2.22. The molecule has 4 rings (SSSR count). The Morgan fingerprint density at radius 2 is 2.12 bits per heavy atom. The molecule has 2 atom stereocenters. The first-order chi connectivity index (χ1) is 15.9. The number of anilines is 1. The van der Waals surface area contributed by atoms with E-state index in [1.807, 2.05) is 0 Å². The fourth-order valence-electron chi connectivity index (χ4n) is 3.40. The van der Waals surface area contributed by atoms with E-state index < -0.39 is 15.3 Å². The zero-order valence-corrected chi connectivity index (χ0v) is 19.9. The molecule has 2 aromatic carbocycles. The van der Waals surface area contributed by atoms with E-state index in [1.165, 1.54) is 31.0 Å². The molecule has 3 aromatic rings. The summed E-state index contributed by atoms with van der Waals surface area (Å²) in [7, 11) is -2.40. The Morgan fingerprint density at radius 3 is 2.88 bits per heavy atom. The van der Waals surface area contributed by atoms with Gasteiger partial charge in [-0.2, -0.15) is 0 Å². The Balaban J connectivity index is 1.44. The van der Waals surface area contributed by atoms with Crippen LogP contribution in [0.4, 0.5) is 5.69 Å². The summed E-state index contributed by atoms with van der Waals surface area (Å²) in [5, 5.41) is 2.74. The second kappa shape index (κ2) is 10.0. The zero-order valence-electron chi connectivity index (χ0n) is 18.2. The molecule has 2 heterocycles. The highest BCUT2D eigenvalue weighted by Crippen LogP contribution is 2.30. The predicted octanol–water partition coefficient (Wildman–Crippen LogP) is 3.41. The highest BCUT2D eigenvalue weighted by molar-refractivity contribution is 8.00. The number of carbonyl (C=O) groups excluding carboxylic acids is 1. The van der Waals surface area contributed by atoms with Crippen LogP contribution in [-0.2, 0) is 19.6 Å². The number of sulfonamides is 1. The monoisotopic (exact) mass is 491 g/mol. The van der Waals surface area contributed by atoms with Gasteiger partial charge < -0.3 is 19.2 Å². The molecular formula is C22H25N3O6S2. The maximum absolute atomic E-state index is 12.9. The number of rotatable bonds is 9. The Labute approximate surface area is 196 Å². The number of ether oxygens (including phenoxy) is 2. The number of hydrogen-bond donors (Lipinski definition) is 2. The summed E-state index contributed by atoms with van der Waals surface area (Å²) >= 11 is 1.17. The normalized spacial score (nSPS) is 17.1. The molecule has 11 heteroatoms. The van der Waals surface area contributed by atoms with Gasteiger partial charge in [-0.1, -0.05) is 23.9 Å². The van der Waals surface area contributed by atoms with Gasteiger partial charge in [-0.25, -0.2) is 13.4 Å². The number of amides is 1. The molecule has 1 amide bonds. The molecule has 9 nitrogen and oxygen atoms in total. The molecule has 1 aliphatic heterocycles. The van der Waals surface area contributed by atoms with Crippen LogP contribution in [-0.4, -0.2) is 50.9 Å². The van der Waals surface area contributed by atoms with Crippen LogP contribution in [0.1, 0.15) is 19.8 Å². The standard InChI is InChI=1S/C22H25N3O6S2/c1-14(21(26)23-13-15-6-5-11-30-15)32-22-24-18-12-16(9-10-20(18)31-22)33(27,28)25-17-7-3-4-8-19(17)29-2/h3-4,7-10,12,14-15,25H,5-6,11,13H2,1-2H3,(H,23,26)/t14-,15+/m0/s1. The van der Waals surface area contributed by atoms with Gasteiger partial charge in [-0.05, 0) is 50.1 Å². The fourth-order valence-corrected chi connectivity index (χ4v) is 5.28. The lowest BCUT2D eigenvalue weighted by Gasteiger charge is -2.13. The average molecular weight is 492 g/mol. The molecular weight excluding hydrogens is 466 g/mol. The smallest absolute Gasteiger partial charge is 0.262 e. The first-order valence-corrected chi connectivity index (χ1v) is 12.8. The quantitative estimate of drug-likeness (QED) is 0.437. The maximum atomic E-state index is 12.9. The number of methoxy groups -OCH3 is 1. The van der Waals surface area contributed by atoms with E-state index in [4.69, 9.17) is 13.9 Å². The summed E-state index contributed by atoms with van der Waals surface area (Å²) in [4.78, 5) is 16.8. The minimum absolute atomic E-state index is 0.0353. The van der Waals surface area contributed by atoms with Crippen LogP contribution in [0, 0.1) is 0 Å². The number of nitrogens with zero attached hydrogens (tertiary/aromatic N) is 1. The highest BCUT2D eigenvalue weighted by atomic mass is 32.2. The van der Waals surface area contributed by atoms with Crippen LogP contribution in [0.2, 0.25) is 0 Å². The third-order valence-electron chi connectivity index (χ3n) is 5.18. The Kier molecular flexibility index (Phi) is 7.11. The number of fused-ring (bicyclic) bond motifs is 1. The van der Waals surface area contributed by atoms with Gasteiger partial charge in [-0.15, -0.1) is 0 Å². The number of hydrogen-bond acceptors (Lipinski definition) is 8. The van der Waals surface area contributed by atoms with Gasteiger partial charge in [0.25, 0.3) is 15.2 Å². The van der Waals surface area contributed by atoms with Gasteiger partial charge in [0.2, 0.25) is 5.91 Å². The number of thioether (sulfide) groups is 1. The number of carbonyl (C=O) groups is 1. The largest absolute Gasteiger partial charge is 0.495 e. The second-order valence-corrected chi connectivity index (χ2v) is 10.5. The van der Waals surface area contributed by atoms with Crippen LogP contribution in [0.5, 0.6) is 5.75 Å². The molecule has 1 saturated heterocycles. The van der Waals surface area contributed by atoms with E-state index >= 15 is 0 Å². The minimum Gasteiger partial charge on any atom is -0.495 e. The van der Waals surface area contributed by atoms with E-state index in [0.29, 0.717) is 29.1 Å². The summed E-state index contributed by atoms with van der Waals surface area (Å²) in [6.07, 6.45) is 2.03. The first kappa shape index (κ1) is 23.4. The summed E-state index contributed by atoms with van der Waals surface area (Å²) in [5.74, 6) is 0.274. The Morgan fingerprint density at radius 1 is 1.30 bits per heavy atom. The zero-order chi connectivity index (χ0) is 23.4. The van der Waals surface area contributed by atoms with E-state index in [0.717, 1.165) is 19.4 Å². The van der Waals surface area contributed by atoms with E-state index in [-0.39, 0.29) is 22.1 Å². The summed E-state index contributed by atoms with van der Waals surface area (Å²) < 4.78 is 44.7. The van der Waals surface area contributed by atoms with Crippen molar-refractivity contribution in [3.8, 4) is 5.75 Å². The van der Waals surface area contributed by atoms with Gasteiger partial charge in [0.15, 0.2) is 5.58 Å². The number of aromatic nitrogens is 1. The van der Waals surface area contributed by atoms with Crippen molar-refractivity contribution in [1.29, 1.82) is 0 Å². The van der Waals surface area contributed by atoms with Crippen molar-refractivity contribution < 1.29 is 27.1 Å². The molecule has 0 saturated carbocycles. The van der Waals surface area contributed by atoms with E-state index in [1.54, 1.807) is 37.3 Å². The molecule has 0 spiro atoms. The second-order valence-electron chi connectivity index (χ2n) is 7.56. The van der Waals surface area contributed by atoms with Crippen molar-refractivity contribution in [3.63, 3.8) is 0 Å². The number of para-hydroxylation sites is 2. The lowest BCUT2D eigenvalue weighted by Crippen LogP contribution is -2.36. The third-order valence-corrected chi connectivity index (χ3v) is 7.48. The van der Waals surface area contributed by atoms with Gasteiger partial charge >= 0.3 is 0 Å². The molecule has 0 unspecified atom stereocenters.